The minimum atomic E-state index is -0.885. The largest absolute Gasteiger partial charge is 0.489 e. The molecule has 6 heteroatoms. The van der Waals surface area contributed by atoms with Gasteiger partial charge in [-0.2, -0.15) is 0 Å². The highest BCUT2D eigenvalue weighted by Crippen LogP contribution is 2.45. The maximum Gasteiger partial charge on any atom is 0.407 e. The summed E-state index contributed by atoms with van der Waals surface area (Å²) in [5.41, 5.74) is 0.105. The van der Waals surface area contributed by atoms with Gasteiger partial charge in [0.1, 0.15) is 12.4 Å². The molecule has 1 amide bonds. The summed E-state index contributed by atoms with van der Waals surface area (Å²) in [6.45, 7) is 8.93. The summed E-state index contributed by atoms with van der Waals surface area (Å²) in [6.07, 6.45) is 1.64. The summed E-state index contributed by atoms with van der Waals surface area (Å²) in [6, 6.07) is 1.86. The van der Waals surface area contributed by atoms with Crippen molar-refractivity contribution in [2.75, 3.05) is 13.2 Å². The van der Waals surface area contributed by atoms with Crippen LogP contribution < -0.4 is 4.74 Å². The molecule has 2 rings (SSSR count). The third kappa shape index (κ3) is 2.86. The molecule has 1 aliphatic heterocycles. The minimum Gasteiger partial charge on any atom is -0.489 e. The summed E-state index contributed by atoms with van der Waals surface area (Å²) >= 11 is 3.38. The molecule has 2 heterocycles. The predicted molar refractivity (Wildman–Crippen MR) is 83.7 cm³/mol. The Kier molecular flexibility index (Phi) is 4.19. The Morgan fingerprint density at radius 2 is 2.24 bits per heavy atom. The van der Waals surface area contributed by atoms with Crippen LogP contribution in [0.5, 0.6) is 5.75 Å². The minimum absolute atomic E-state index is 0.197. The first-order valence-corrected chi connectivity index (χ1v) is 7.72. The van der Waals surface area contributed by atoms with Gasteiger partial charge in [-0.3, -0.25) is 9.88 Å². The molecule has 21 heavy (non-hydrogen) atoms. The van der Waals surface area contributed by atoms with Crippen molar-refractivity contribution in [3.8, 4) is 5.75 Å². The zero-order valence-corrected chi connectivity index (χ0v) is 14.4. The number of hydrogen-bond donors (Lipinski definition) is 1. The SMILES string of the molecule is Cc1ncc(Br)cc1OC[C@]1(C(C)(C)C)CCN1C(=O)O. The van der Waals surface area contributed by atoms with E-state index in [9.17, 15) is 9.90 Å². The van der Waals surface area contributed by atoms with Crippen molar-refractivity contribution in [3.05, 3.63) is 22.4 Å². The first kappa shape index (κ1) is 16.1. The second kappa shape index (κ2) is 5.48. The molecule has 1 N–H and O–H groups in total. The van der Waals surface area contributed by atoms with Crippen LogP contribution in [0.1, 0.15) is 32.9 Å². The van der Waals surface area contributed by atoms with E-state index in [0.29, 0.717) is 18.9 Å². The molecule has 5 nitrogen and oxygen atoms in total. The maximum absolute atomic E-state index is 11.4. The van der Waals surface area contributed by atoms with Crippen LogP contribution in [-0.4, -0.2) is 39.8 Å². The number of amides is 1. The highest BCUT2D eigenvalue weighted by molar-refractivity contribution is 9.10. The second-order valence-electron chi connectivity index (χ2n) is 6.49. The fourth-order valence-electron chi connectivity index (χ4n) is 2.75. The lowest BCUT2D eigenvalue weighted by molar-refractivity contribution is -0.0962. The Balaban J connectivity index is 2.22. The van der Waals surface area contributed by atoms with Crippen LogP contribution >= 0.6 is 15.9 Å². The van der Waals surface area contributed by atoms with Crippen LogP contribution in [0.2, 0.25) is 0 Å². The number of hydrogen-bond acceptors (Lipinski definition) is 3. The van der Waals surface area contributed by atoms with Gasteiger partial charge in [0.25, 0.3) is 0 Å². The predicted octanol–water partition coefficient (Wildman–Crippen LogP) is 3.70. The van der Waals surface area contributed by atoms with Gasteiger partial charge in [0.2, 0.25) is 0 Å². The average Bonchev–Trinajstić information content (AvgIpc) is 2.30. The van der Waals surface area contributed by atoms with E-state index in [1.54, 1.807) is 6.20 Å². The first-order chi connectivity index (χ1) is 9.67. The van der Waals surface area contributed by atoms with Gasteiger partial charge in [-0.25, -0.2) is 4.79 Å². The smallest absolute Gasteiger partial charge is 0.407 e. The van der Waals surface area contributed by atoms with Gasteiger partial charge >= 0.3 is 6.09 Å². The highest BCUT2D eigenvalue weighted by atomic mass is 79.9. The van der Waals surface area contributed by atoms with Crippen LogP contribution in [0.25, 0.3) is 0 Å². The van der Waals surface area contributed by atoms with E-state index in [1.165, 1.54) is 4.90 Å². The molecule has 1 aromatic rings. The van der Waals surface area contributed by atoms with Gasteiger partial charge in [0, 0.05) is 17.2 Å². The summed E-state index contributed by atoms with van der Waals surface area (Å²) in [5.74, 6) is 0.685. The Morgan fingerprint density at radius 3 is 2.71 bits per heavy atom. The lowest BCUT2D eigenvalue weighted by atomic mass is 9.66. The first-order valence-electron chi connectivity index (χ1n) is 6.93. The van der Waals surface area contributed by atoms with E-state index < -0.39 is 11.6 Å². The van der Waals surface area contributed by atoms with Gasteiger partial charge < -0.3 is 9.84 Å². The quantitative estimate of drug-likeness (QED) is 0.896. The number of halogens is 1. The van der Waals surface area contributed by atoms with Crippen molar-refractivity contribution in [2.45, 2.75) is 39.7 Å². The number of likely N-dealkylation sites (tertiary alicyclic amines) is 1. The number of ether oxygens (including phenoxy) is 1. The van der Waals surface area contributed by atoms with Crippen LogP contribution in [0.15, 0.2) is 16.7 Å². The van der Waals surface area contributed by atoms with Gasteiger partial charge in [-0.05, 0) is 40.8 Å². The van der Waals surface area contributed by atoms with Crippen LogP contribution in [-0.2, 0) is 0 Å². The topological polar surface area (TPSA) is 62.7 Å². The van der Waals surface area contributed by atoms with Crippen LogP contribution in [0.3, 0.4) is 0 Å². The molecule has 0 aromatic carbocycles. The molecule has 1 saturated heterocycles. The molecular formula is C15H21BrN2O3. The zero-order valence-electron chi connectivity index (χ0n) is 12.8. The molecule has 1 aromatic heterocycles. The van der Waals surface area contributed by atoms with Gasteiger partial charge in [0.05, 0.1) is 11.2 Å². The van der Waals surface area contributed by atoms with Gasteiger partial charge in [0.15, 0.2) is 0 Å². The van der Waals surface area contributed by atoms with E-state index in [1.807, 2.05) is 13.0 Å². The normalized spacial score (nSPS) is 21.9. The van der Waals surface area contributed by atoms with Crippen LogP contribution in [0.4, 0.5) is 4.79 Å². The molecule has 0 spiro atoms. The number of aromatic nitrogens is 1. The highest BCUT2D eigenvalue weighted by Gasteiger charge is 2.56. The zero-order chi connectivity index (χ0) is 15.8. The summed E-state index contributed by atoms with van der Waals surface area (Å²) in [4.78, 5) is 17.2. The van der Waals surface area contributed by atoms with Crippen molar-refractivity contribution in [3.63, 3.8) is 0 Å². The number of pyridine rings is 1. The number of rotatable bonds is 3. The molecule has 1 fully saturated rings. The van der Waals surface area contributed by atoms with Gasteiger partial charge in [-0.1, -0.05) is 20.8 Å². The molecule has 116 valence electrons. The van der Waals surface area contributed by atoms with Crippen molar-refractivity contribution in [1.29, 1.82) is 0 Å². The van der Waals surface area contributed by atoms with E-state index in [2.05, 4.69) is 41.7 Å². The van der Waals surface area contributed by atoms with Crippen LogP contribution in [0, 0.1) is 12.3 Å². The Hall–Kier alpha value is -1.30. The van der Waals surface area contributed by atoms with E-state index in [0.717, 1.165) is 16.6 Å². The number of nitrogens with zero attached hydrogens (tertiary/aromatic N) is 2. The van der Waals surface area contributed by atoms with Crippen molar-refractivity contribution < 1.29 is 14.6 Å². The Morgan fingerprint density at radius 1 is 1.57 bits per heavy atom. The monoisotopic (exact) mass is 356 g/mol. The van der Waals surface area contributed by atoms with Crippen molar-refractivity contribution in [2.24, 2.45) is 5.41 Å². The number of carboxylic acid groups (broad SMARTS) is 1. The van der Waals surface area contributed by atoms with E-state index in [4.69, 9.17) is 4.74 Å². The second-order valence-corrected chi connectivity index (χ2v) is 7.41. The molecule has 0 saturated carbocycles. The maximum atomic E-state index is 11.4. The molecular weight excluding hydrogens is 336 g/mol. The van der Waals surface area contributed by atoms with Crippen molar-refractivity contribution >= 4 is 22.0 Å². The Bertz CT molecular complexity index is 556. The standard InChI is InChI=1S/C15H21BrN2O3/c1-10-12(7-11(16)8-17-10)21-9-15(14(2,3)4)5-6-18(15)13(19)20/h7-8H,5-6,9H2,1-4H3,(H,19,20)/t15-/m0/s1. The fraction of sp³-hybridized carbons (Fsp3) is 0.600. The average molecular weight is 357 g/mol. The lowest BCUT2D eigenvalue weighted by Gasteiger charge is -2.58. The van der Waals surface area contributed by atoms with E-state index in [-0.39, 0.29) is 5.41 Å². The molecule has 1 aliphatic rings. The lowest BCUT2D eigenvalue weighted by Crippen LogP contribution is -2.70. The molecule has 0 unspecified atom stereocenters. The molecule has 0 radical (unpaired) electrons. The molecule has 0 aliphatic carbocycles. The summed E-state index contributed by atoms with van der Waals surface area (Å²) < 4.78 is 6.78. The fourth-order valence-corrected chi connectivity index (χ4v) is 3.06. The number of carbonyl (C=O) groups is 1. The molecule has 0 bridgehead atoms. The third-order valence-corrected chi connectivity index (χ3v) is 4.80. The van der Waals surface area contributed by atoms with Gasteiger partial charge in [-0.15, -0.1) is 0 Å². The summed E-state index contributed by atoms with van der Waals surface area (Å²) in [7, 11) is 0. The Labute approximate surface area is 133 Å². The van der Waals surface area contributed by atoms with E-state index >= 15 is 0 Å². The van der Waals surface area contributed by atoms with Crippen molar-refractivity contribution in [1.82, 2.24) is 9.88 Å². The number of aryl methyl sites for hydroxylation is 1. The molecule has 1 atom stereocenters. The third-order valence-electron chi connectivity index (χ3n) is 4.37. The summed E-state index contributed by atoms with van der Waals surface area (Å²) in [5, 5.41) is 9.38.